The summed E-state index contributed by atoms with van der Waals surface area (Å²) < 4.78 is 13.4. The van der Waals surface area contributed by atoms with Crippen molar-refractivity contribution in [2.24, 2.45) is 0 Å². The molecule has 0 amide bonds. The summed E-state index contributed by atoms with van der Waals surface area (Å²) in [6, 6.07) is 1.71. The lowest BCUT2D eigenvalue weighted by Crippen LogP contribution is -1.90. The average Bonchev–Trinajstić information content (AvgIpc) is 1.88. The van der Waals surface area contributed by atoms with Crippen molar-refractivity contribution in [3.8, 4) is 0 Å². The SMILES string of the molecule is Fc1nccc(Br)c1CBr. The van der Waals surface area contributed by atoms with Crippen LogP contribution in [0.3, 0.4) is 0 Å². The van der Waals surface area contributed by atoms with Gasteiger partial charge < -0.3 is 0 Å². The molecule has 4 heteroatoms. The number of hydrogen-bond donors (Lipinski definition) is 0. The summed E-state index contributed by atoms with van der Waals surface area (Å²) in [7, 11) is 0. The number of rotatable bonds is 1. The van der Waals surface area contributed by atoms with E-state index in [4.69, 9.17) is 0 Å². The molecule has 0 aliphatic heterocycles. The third-order valence-electron chi connectivity index (χ3n) is 1.08. The summed E-state index contributed by atoms with van der Waals surface area (Å²) >= 11 is 6.35. The summed E-state index contributed by atoms with van der Waals surface area (Å²) in [5, 5.41) is 0.479. The van der Waals surface area contributed by atoms with Crippen molar-refractivity contribution in [2.75, 3.05) is 0 Å². The molecule has 0 spiro atoms. The highest BCUT2D eigenvalue weighted by Crippen LogP contribution is 2.19. The fourth-order valence-electron chi connectivity index (χ4n) is 0.564. The van der Waals surface area contributed by atoms with Crippen LogP contribution in [0.1, 0.15) is 5.56 Å². The van der Waals surface area contributed by atoms with Crippen LogP contribution in [0.25, 0.3) is 0 Å². The van der Waals surface area contributed by atoms with E-state index in [2.05, 4.69) is 36.8 Å². The van der Waals surface area contributed by atoms with Crippen molar-refractivity contribution in [3.63, 3.8) is 0 Å². The first-order valence-electron chi connectivity index (χ1n) is 2.60. The molecule has 0 bridgehead atoms. The Morgan fingerprint density at radius 1 is 1.60 bits per heavy atom. The Labute approximate surface area is 74.9 Å². The highest BCUT2D eigenvalue weighted by molar-refractivity contribution is 9.10. The smallest absolute Gasteiger partial charge is 0.218 e. The van der Waals surface area contributed by atoms with Gasteiger partial charge >= 0.3 is 0 Å². The van der Waals surface area contributed by atoms with Crippen molar-refractivity contribution in [2.45, 2.75) is 5.33 Å². The van der Waals surface area contributed by atoms with Gasteiger partial charge in [0.15, 0.2) is 0 Å². The molecule has 0 radical (unpaired) electrons. The molecule has 1 aromatic heterocycles. The Morgan fingerprint density at radius 2 is 2.30 bits per heavy atom. The Balaban J connectivity index is 3.17. The van der Waals surface area contributed by atoms with Gasteiger partial charge in [-0.2, -0.15) is 4.39 Å². The van der Waals surface area contributed by atoms with Gasteiger partial charge in [0.05, 0.1) is 0 Å². The second-order valence-electron chi connectivity index (χ2n) is 1.70. The molecule has 1 heterocycles. The molecule has 0 unspecified atom stereocenters. The molecular formula is C6H4Br2FN. The molecule has 0 aliphatic carbocycles. The molecule has 10 heavy (non-hydrogen) atoms. The topological polar surface area (TPSA) is 12.9 Å². The lowest BCUT2D eigenvalue weighted by molar-refractivity contribution is 0.572. The van der Waals surface area contributed by atoms with Crippen molar-refractivity contribution >= 4 is 31.9 Å². The predicted octanol–water partition coefficient (Wildman–Crippen LogP) is 2.88. The van der Waals surface area contributed by atoms with Crippen LogP contribution in [0.2, 0.25) is 0 Å². The van der Waals surface area contributed by atoms with Gasteiger partial charge in [-0.15, -0.1) is 0 Å². The Hall–Kier alpha value is 0.0400. The van der Waals surface area contributed by atoms with Crippen molar-refractivity contribution < 1.29 is 4.39 Å². The van der Waals surface area contributed by atoms with Crippen LogP contribution in [0.15, 0.2) is 16.7 Å². The molecule has 0 fully saturated rings. The van der Waals surface area contributed by atoms with Gasteiger partial charge in [-0.1, -0.05) is 31.9 Å². The maximum Gasteiger partial charge on any atom is 0.218 e. The van der Waals surface area contributed by atoms with Crippen molar-refractivity contribution in [3.05, 3.63) is 28.2 Å². The Bertz CT molecular complexity index is 219. The average molecular weight is 269 g/mol. The first-order valence-corrected chi connectivity index (χ1v) is 4.52. The zero-order valence-electron chi connectivity index (χ0n) is 4.94. The van der Waals surface area contributed by atoms with Gasteiger partial charge in [-0.25, -0.2) is 4.98 Å². The van der Waals surface area contributed by atoms with Gasteiger partial charge in [0.1, 0.15) is 0 Å². The third kappa shape index (κ3) is 1.55. The van der Waals surface area contributed by atoms with Crippen LogP contribution in [0.5, 0.6) is 0 Å². The van der Waals surface area contributed by atoms with E-state index in [-0.39, 0.29) is 0 Å². The third-order valence-corrected chi connectivity index (χ3v) is 2.38. The van der Waals surface area contributed by atoms with Crippen LogP contribution >= 0.6 is 31.9 Å². The summed E-state index contributed by atoms with van der Waals surface area (Å²) in [6.45, 7) is 0. The van der Waals surface area contributed by atoms with Crippen LogP contribution in [-0.2, 0) is 5.33 Å². The van der Waals surface area contributed by atoms with Gasteiger partial charge in [0.25, 0.3) is 0 Å². The van der Waals surface area contributed by atoms with Crippen LogP contribution in [0.4, 0.5) is 4.39 Å². The maximum absolute atomic E-state index is 12.7. The zero-order valence-corrected chi connectivity index (χ0v) is 8.11. The van der Waals surface area contributed by atoms with E-state index in [1.54, 1.807) is 6.07 Å². The van der Waals surface area contributed by atoms with E-state index in [9.17, 15) is 4.39 Å². The molecule has 0 atom stereocenters. The highest BCUT2D eigenvalue weighted by atomic mass is 79.9. The van der Waals surface area contributed by atoms with E-state index in [0.717, 1.165) is 4.47 Å². The van der Waals surface area contributed by atoms with E-state index in [1.165, 1.54) is 6.20 Å². The minimum absolute atomic E-state index is 0.425. The van der Waals surface area contributed by atoms with Crippen LogP contribution < -0.4 is 0 Å². The molecule has 0 aromatic carbocycles. The number of halogens is 3. The minimum Gasteiger partial charge on any atom is -0.228 e. The molecule has 0 saturated heterocycles. The number of alkyl halides is 1. The van der Waals surface area contributed by atoms with Crippen LogP contribution in [0, 0.1) is 5.95 Å². The van der Waals surface area contributed by atoms with Crippen molar-refractivity contribution in [1.29, 1.82) is 0 Å². The highest BCUT2D eigenvalue weighted by Gasteiger charge is 2.04. The van der Waals surface area contributed by atoms with Gasteiger partial charge in [0.2, 0.25) is 5.95 Å². The lowest BCUT2D eigenvalue weighted by Gasteiger charge is -1.98. The predicted molar refractivity (Wildman–Crippen MR) is 44.5 cm³/mol. The molecular weight excluding hydrogens is 265 g/mol. The molecule has 1 rings (SSSR count). The Morgan fingerprint density at radius 3 is 2.70 bits per heavy atom. The quantitative estimate of drug-likeness (QED) is 0.564. The minimum atomic E-state index is -0.425. The summed E-state index contributed by atoms with van der Waals surface area (Å²) in [6.07, 6.45) is 1.42. The normalized spacial score (nSPS) is 9.90. The van der Waals surface area contributed by atoms with Crippen molar-refractivity contribution in [1.82, 2.24) is 4.98 Å². The Kier molecular flexibility index (Phi) is 2.80. The van der Waals surface area contributed by atoms with Gasteiger partial charge in [0, 0.05) is 21.6 Å². The van der Waals surface area contributed by atoms with E-state index in [1.807, 2.05) is 0 Å². The van der Waals surface area contributed by atoms with E-state index < -0.39 is 5.95 Å². The second-order valence-corrected chi connectivity index (χ2v) is 3.11. The molecule has 1 aromatic rings. The number of pyridine rings is 1. The number of nitrogens with zero attached hydrogens (tertiary/aromatic N) is 1. The van der Waals surface area contributed by atoms with Gasteiger partial charge in [-0.3, -0.25) is 0 Å². The molecule has 54 valence electrons. The first kappa shape index (κ1) is 8.14. The summed E-state index contributed by atoms with van der Waals surface area (Å²) in [5.41, 5.74) is 0.558. The second kappa shape index (κ2) is 3.44. The number of aromatic nitrogens is 1. The fraction of sp³-hybridized carbons (Fsp3) is 0.167. The summed E-state index contributed by atoms with van der Waals surface area (Å²) in [5.74, 6) is -0.425. The standard InChI is InChI=1S/C6H4Br2FN/c7-3-4-5(8)1-2-10-6(4)9/h1-2H,3H2. The largest absolute Gasteiger partial charge is 0.228 e. The van der Waals surface area contributed by atoms with E-state index in [0.29, 0.717) is 10.9 Å². The monoisotopic (exact) mass is 267 g/mol. The van der Waals surface area contributed by atoms with Crippen LogP contribution in [-0.4, -0.2) is 4.98 Å². The lowest BCUT2D eigenvalue weighted by atomic mass is 10.3. The zero-order chi connectivity index (χ0) is 7.56. The molecule has 0 N–H and O–H groups in total. The summed E-state index contributed by atoms with van der Waals surface area (Å²) in [4.78, 5) is 3.48. The fourth-order valence-corrected chi connectivity index (χ4v) is 1.90. The number of hydrogen-bond acceptors (Lipinski definition) is 1. The van der Waals surface area contributed by atoms with E-state index >= 15 is 0 Å². The molecule has 0 aliphatic rings. The van der Waals surface area contributed by atoms with Gasteiger partial charge in [-0.05, 0) is 6.07 Å². The molecule has 0 saturated carbocycles. The molecule has 1 nitrogen and oxygen atoms in total. The maximum atomic E-state index is 12.7. The first-order chi connectivity index (χ1) is 4.75.